The smallest absolute Gasteiger partial charge is 0.274 e. The first kappa shape index (κ1) is 11.9. The molecule has 0 saturated carbocycles. The lowest BCUT2D eigenvalue weighted by Gasteiger charge is -2.16. The van der Waals surface area contributed by atoms with Crippen LogP contribution >= 0.6 is 0 Å². The molecule has 0 radical (unpaired) electrons. The number of nitrogens with one attached hydrogen (secondary N) is 1. The van der Waals surface area contributed by atoms with Crippen LogP contribution in [-0.4, -0.2) is 17.5 Å². The highest BCUT2D eigenvalue weighted by atomic mass is 19.4. The summed E-state index contributed by atoms with van der Waals surface area (Å²) < 4.78 is 37.4. The fourth-order valence-electron chi connectivity index (χ4n) is 1.69. The van der Waals surface area contributed by atoms with Gasteiger partial charge in [-0.3, -0.25) is 9.80 Å². The molecule has 1 aliphatic heterocycles. The lowest BCUT2D eigenvalue weighted by molar-refractivity contribution is -0.137. The Kier molecular flexibility index (Phi) is 3.06. The van der Waals surface area contributed by atoms with Crippen LogP contribution < -0.4 is 5.43 Å². The maximum atomic E-state index is 12.5. The van der Waals surface area contributed by atoms with Gasteiger partial charge in [-0.05, 0) is 17.7 Å². The van der Waals surface area contributed by atoms with E-state index in [1.807, 2.05) is 0 Å². The predicted molar refractivity (Wildman–Crippen MR) is 54.6 cm³/mol. The van der Waals surface area contributed by atoms with Crippen LogP contribution in [0.5, 0.6) is 0 Å². The number of carbonyl (C=O) groups excluding carboxylic acids is 1. The first-order chi connectivity index (χ1) is 7.97. The van der Waals surface area contributed by atoms with Gasteiger partial charge in [0.05, 0.1) is 12.1 Å². The maximum absolute atomic E-state index is 12.5. The van der Waals surface area contributed by atoms with Crippen LogP contribution in [0, 0.1) is 0 Å². The monoisotopic (exact) mass is 244 g/mol. The van der Waals surface area contributed by atoms with Gasteiger partial charge in [-0.2, -0.15) is 13.2 Å². The fourth-order valence-corrected chi connectivity index (χ4v) is 1.69. The summed E-state index contributed by atoms with van der Waals surface area (Å²) in [7, 11) is 0. The van der Waals surface area contributed by atoms with E-state index in [1.165, 1.54) is 11.1 Å². The lowest BCUT2D eigenvalue weighted by Crippen LogP contribution is -2.33. The normalized spacial score (nSPS) is 16.6. The average Bonchev–Trinajstić information content (AvgIpc) is 2.64. The molecule has 0 aliphatic carbocycles. The molecule has 1 saturated heterocycles. The van der Waals surface area contributed by atoms with Crippen LogP contribution in [0.25, 0.3) is 0 Å². The molecule has 6 heteroatoms. The van der Waals surface area contributed by atoms with Gasteiger partial charge in [0.15, 0.2) is 0 Å². The molecule has 1 N–H and O–H groups in total. The summed E-state index contributed by atoms with van der Waals surface area (Å²) in [6.07, 6.45) is -3.96. The molecule has 0 bridgehead atoms. The molecule has 92 valence electrons. The highest BCUT2D eigenvalue weighted by Crippen LogP contribution is 2.29. The number of halogens is 3. The molecule has 0 atom stereocenters. The molecule has 3 nitrogen and oxygen atoms in total. The summed E-state index contributed by atoms with van der Waals surface area (Å²) in [6.45, 7) is 0.695. The van der Waals surface area contributed by atoms with Crippen molar-refractivity contribution in [2.24, 2.45) is 0 Å². The van der Waals surface area contributed by atoms with Crippen LogP contribution in [0.2, 0.25) is 0 Å². The van der Waals surface area contributed by atoms with Gasteiger partial charge < -0.3 is 0 Å². The first-order valence-corrected chi connectivity index (χ1v) is 5.17. The Bertz CT molecular complexity index is 431. The Balaban J connectivity index is 2.14. The molecule has 1 aromatic carbocycles. The lowest BCUT2D eigenvalue weighted by atomic mass is 10.1. The zero-order chi connectivity index (χ0) is 12.5. The zero-order valence-electron chi connectivity index (χ0n) is 8.92. The van der Waals surface area contributed by atoms with Gasteiger partial charge in [0, 0.05) is 13.0 Å². The Labute approximate surface area is 96.2 Å². The average molecular weight is 244 g/mol. The third-order valence-corrected chi connectivity index (χ3v) is 2.54. The van der Waals surface area contributed by atoms with Gasteiger partial charge in [0.25, 0.3) is 0 Å². The minimum absolute atomic E-state index is 0.0950. The second-order valence-electron chi connectivity index (χ2n) is 3.84. The standard InChI is InChI=1S/C11H11F3N2O/c12-11(13,14)9-3-1-2-8(6-9)7-16-10(17)4-5-15-16/h1-3,6,15H,4-5,7H2. The topological polar surface area (TPSA) is 32.3 Å². The predicted octanol–water partition coefficient (Wildman–Crippen LogP) is 1.94. The largest absolute Gasteiger partial charge is 0.416 e. The highest BCUT2D eigenvalue weighted by Gasteiger charge is 2.30. The number of carbonyl (C=O) groups is 1. The van der Waals surface area contributed by atoms with Crippen molar-refractivity contribution in [1.82, 2.24) is 10.4 Å². The van der Waals surface area contributed by atoms with E-state index in [0.29, 0.717) is 18.5 Å². The SMILES string of the molecule is O=C1CCNN1Cc1cccc(C(F)(F)F)c1. The van der Waals surface area contributed by atoms with Crippen LogP contribution in [-0.2, 0) is 17.5 Å². The number of hydrazine groups is 1. The van der Waals surface area contributed by atoms with Crippen molar-refractivity contribution >= 4 is 5.91 Å². The van der Waals surface area contributed by atoms with Crippen molar-refractivity contribution in [3.8, 4) is 0 Å². The second kappa shape index (κ2) is 4.37. The number of amides is 1. The molecular weight excluding hydrogens is 233 g/mol. The van der Waals surface area contributed by atoms with Crippen LogP contribution in [0.15, 0.2) is 24.3 Å². The molecular formula is C11H11F3N2O. The molecule has 1 heterocycles. The minimum atomic E-state index is -4.35. The molecule has 0 unspecified atom stereocenters. The number of rotatable bonds is 2. The molecule has 1 fully saturated rings. The summed E-state index contributed by atoms with van der Waals surface area (Å²) in [4.78, 5) is 11.3. The van der Waals surface area contributed by atoms with Crippen LogP contribution in [0.1, 0.15) is 17.5 Å². The third-order valence-electron chi connectivity index (χ3n) is 2.54. The molecule has 0 aromatic heterocycles. The van der Waals surface area contributed by atoms with Gasteiger partial charge in [0.2, 0.25) is 5.91 Å². The number of benzene rings is 1. The summed E-state index contributed by atoms with van der Waals surface area (Å²) in [5.41, 5.74) is 2.58. The van der Waals surface area contributed by atoms with Crippen molar-refractivity contribution in [1.29, 1.82) is 0 Å². The van der Waals surface area contributed by atoms with E-state index < -0.39 is 11.7 Å². The van der Waals surface area contributed by atoms with Gasteiger partial charge >= 0.3 is 6.18 Å². The number of hydrogen-bond acceptors (Lipinski definition) is 2. The van der Waals surface area contributed by atoms with Crippen molar-refractivity contribution in [3.63, 3.8) is 0 Å². The van der Waals surface area contributed by atoms with E-state index in [9.17, 15) is 18.0 Å². The summed E-state index contributed by atoms with van der Waals surface area (Å²) >= 11 is 0. The minimum Gasteiger partial charge on any atom is -0.274 e. The highest BCUT2D eigenvalue weighted by molar-refractivity contribution is 5.77. The van der Waals surface area contributed by atoms with Crippen molar-refractivity contribution in [2.45, 2.75) is 19.1 Å². The summed E-state index contributed by atoms with van der Waals surface area (Å²) in [5.74, 6) is -0.0950. The third kappa shape index (κ3) is 2.76. The van der Waals surface area contributed by atoms with Crippen molar-refractivity contribution in [2.75, 3.05) is 6.54 Å². The van der Waals surface area contributed by atoms with Crippen LogP contribution in [0.4, 0.5) is 13.2 Å². The van der Waals surface area contributed by atoms with Crippen LogP contribution in [0.3, 0.4) is 0 Å². The van der Waals surface area contributed by atoms with E-state index >= 15 is 0 Å². The van der Waals surface area contributed by atoms with Crippen molar-refractivity contribution in [3.05, 3.63) is 35.4 Å². The molecule has 17 heavy (non-hydrogen) atoms. The van der Waals surface area contributed by atoms with Crippen molar-refractivity contribution < 1.29 is 18.0 Å². The number of hydrogen-bond donors (Lipinski definition) is 1. The summed E-state index contributed by atoms with van der Waals surface area (Å²) in [6, 6.07) is 5.00. The van der Waals surface area contributed by atoms with Gasteiger partial charge in [-0.15, -0.1) is 0 Å². The number of alkyl halides is 3. The Morgan fingerprint density at radius 1 is 1.35 bits per heavy atom. The Hall–Kier alpha value is -1.56. The molecule has 1 aromatic rings. The Morgan fingerprint density at radius 3 is 2.71 bits per heavy atom. The molecule has 1 amide bonds. The van der Waals surface area contributed by atoms with E-state index in [1.54, 1.807) is 6.07 Å². The van der Waals surface area contributed by atoms with Gasteiger partial charge in [-0.25, -0.2) is 5.43 Å². The van der Waals surface area contributed by atoms with E-state index in [0.717, 1.165) is 12.1 Å². The fraction of sp³-hybridized carbons (Fsp3) is 0.364. The second-order valence-corrected chi connectivity index (χ2v) is 3.84. The van der Waals surface area contributed by atoms with Gasteiger partial charge in [0.1, 0.15) is 0 Å². The molecule has 2 rings (SSSR count). The quantitative estimate of drug-likeness (QED) is 0.862. The van der Waals surface area contributed by atoms with Gasteiger partial charge in [-0.1, -0.05) is 12.1 Å². The molecule has 1 aliphatic rings. The maximum Gasteiger partial charge on any atom is 0.416 e. The van der Waals surface area contributed by atoms with E-state index in [-0.39, 0.29) is 12.5 Å². The van der Waals surface area contributed by atoms with E-state index in [2.05, 4.69) is 5.43 Å². The summed E-state index contributed by atoms with van der Waals surface area (Å²) in [5, 5.41) is 1.34. The first-order valence-electron chi connectivity index (χ1n) is 5.17. The van der Waals surface area contributed by atoms with E-state index in [4.69, 9.17) is 0 Å². The number of nitrogens with zero attached hydrogens (tertiary/aromatic N) is 1. The Morgan fingerprint density at radius 2 is 2.12 bits per heavy atom. The zero-order valence-corrected chi connectivity index (χ0v) is 8.92. The molecule has 0 spiro atoms.